The molecule has 29 heavy (non-hydrogen) atoms. The first-order valence-electron chi connectivity index (χ1n) is 9.80. The number of nitrogens with one attached hydrogen (secondary N) is 1. The van der Waals surface area contributed by atoms with E-state index in [1.54, 1.807) is 12.3 Å². The van der Waals surface area contributed by atoms with Gasteiger partial charge in [-0.2, -0.15) is 0 Å². The third kappa shape index (κ3) is 3.92. The van der Waals surface area contributed by atoms with Gasteiger partial charge in [-0.1, -0.05) is 30.3 Å². The monoisotopic (exact) mass is 388 g/mol. The fraction of sp³-hybridized carbons (Fsp3) is 0.261. The van der Waals surface area contributed by atoms with E-state index in [2.05, 4.69) is 28.3 Å². The lowest BCUT2D eigenvalue weighted by molar-refractivity contribution is 0.0976. The number of nitrogens with zero attached hydrogens (tertiary/aromatic N) is 3. The van der Waals surface area contributed by atoms with Crippen LogP contribution in [0.25, 0.3) is 0 Å². The van der Waals surface area contributed by atoms with Gasteiger partial charge in [-0.3, -0.25) is 4.79 Å². The molecule has 1 aliphatic rings. The van der Waals surface area contributed by atoms with Crippen molar-refractivity contribution in [1.82, 2.24) is 9.97 Å². The van der Waals surface area contributed by atoms with Crippen molar-refractivity contribution in [3.63, 3.8) is 0 Å². The summed E-state index contributed by atoms with van der Waals surface area (Å²) in [5.41, 5.74) is 3.24. The van der Waals surface area contributed by atoms with Gasteiger partial charge in [0.15, 0.2) is 0 Å². The van der Waals surface area contributed by atoms with Crippen molar-refractivity contribution in [3.8, 4) is 5.75 Å². The number of aromatic nitrogens is 2. The van der Waals surface area contributed by atoms with Crippen LogP contribution >= 0.6 is 0 Å². The summed E-state index contributed by atoms with van der Waals surface area (Å²) < 4.78 is 5.84. The Balaban J connectivity index is 1.60. The van der Waals surface area contributed by atoms with Crippen LogP contribution in [0.3, 0.4) is 0 Å². The van der Waals surface area contributed by atoms with Crippen LogP contribution in [-0.4, -0.2) is 28.0 Å². The molecule has 2 aromatic carbocycles. The number of rotatable bonds is 5. The highest BCUT2D eigenvalue weighted by Gasteiger charge is 2.32. The molecule has 1 atom stereocenters. The molecule has 0 bridgehead atoms. The third-order valence-electron chi connectivity index (χ3n) is 4.80. The number of anilines is 3. The number of benzene rings is 2. The second-order valence-corrected chi connectivity index (χ2v) is 7.41. The number of amides is 1. The summed E-state index contributed by atoms with van der Waals surface area (Å²) in [6.45, 7) is 6.00. The maximum Gasteiger partial charge on any atom is 0.277 e. The molecule has 0 saturated heterocycles. The highest BCUT2D eigenvalue weighted by molar-refractivity contribution is 6.06. The average Bonchev–Trinajstić information content (AvgIpc) is 3.04. The lowest BCUT2D eigenvalue weighted by atomic mass is 10.1. The number of hydrogen-bond acceptors (Lipinski definition) is 5. The Bertz CT molecular complexity index is 1030. The summed E-state index contributed by atoms with van der Waals surface area (Å²) in [7, 11) is 0. The van der Waals surface area contributed by atoms with Crippen LogP contribution in [0.2, 0.25) is 0 Å². The first kappa shape index (κ1) is 18.9. The first-order valence-corrected chi connectivity index (χ1v) is 9.80. The van der Waals surface area contributed by atoms with Gasteiger partial charge in [0.05, 0.1) is 11.8 Å². The molecule has 6 heteroatoms. The smallest absolute Gasteiger partial charge is 0.277 e. The molecule has 0 aliphatic carbocycles. The minimum atomic E-state index is -0.125. The van der Waals surface area contributed by atoms with Gasteiger partial charge < -0.3 is 15.0 Å². The van der Waals surface area contributed by atoms with Crippen LogP contribution in [0, 0.1) is 0 Å². The van der Waals surface area contributed by atoms with Crippen molar-refractivity contribution in [3.05, 3.63) is 72.1 Å². The van der Waals surface area contributed by atoms with E-state index in [0.717, 1.165) is 17.8 Å². The zero-order chi connectivity index (χ0) is 20.4. The lowest BCUT2D eigenvalue weighted by Gasteiger charge is -2.22. The van der Waals surface area contributed by atoms with Gasteiger partial charge in [0.25, 0.3) is 5.91 Å². The fourth-order valence-corrected chi connectivity index (χ4v) is 3.58. The van der Waals surface area contributed by atoms with Crippen molar-refractivity contribution in [2.75, 3.05) is 10.2 Å². The Hall–Kier alpha value is -3.41. The summed E-state index contributed by atoms with van der Waals surface area (Å²) in [5, 5.41) is 3.18. The minimum absolute atomic E-state index is 0.0449. The van der Waals surface area contributed by atoms with Crippen LogP contribution in [-0.2, 0) is 6.42 Å². The van der Waals surface area contributed by atoms with Crippen LogP contribution in [0.1, 0.15) is 36.8 Å². The molecule has 1 aliphatic heterocycles. The minimum Gasteiger partial charge on any atom is -0.489 e. The van der Waals surface area contributed by atoms with Gasteiger partial charge in [0.2, 0.25) is 5.95 Å². The van der Waals surface area contributed by atoms with Crippen LogP contribution in [0.5, 0.6) is 5.75 Å². The SMILES string of the molecule is CC(C)Oc1ccccc1Nc1nccc(C(=O)N2c3ccccc3CC2C)n1. The topological polar surface area (TPSA) is 67.3 Å². The third-order valence-corrected chi connectivity index (χ3v) is 4.80. The zero-order valence-electron chi connectivity index (χ0n) is 16.8. The standard InChI is InChI=1S/C23H24N4O2/c1-15(2)29-21-11-7-5-9-18(21)25-23-24-13-12-19(26-23)22(28)27-16(3)14-17-8-4-6-10-20(17)27/h4-13,15-16H,14H2,1-3H3,(H,24,25,26). The summed E-state index contributed by atoms with van der Waals surface area (Å²) in [5.74, 6) is 0.945. The Kier molecular flexibility index (Phi) is 5.16. The fourth-order valence-electron chi connectivity index (χ4n) is 3.58. The highest BCUT2D eigenvalue weighted by Crippen LogP contribution is 2.33. The van der Waals surface area contributed by atoms with Crippen LogP contribution in [0.4, 0.5) is 17.3 Å². The number of fused-ring (bicyclic) bond motifs is 1. The normalized spacial score (nSPS) is 15.3. The Morgan fingerprint density at radius 3 is 2.72 bits per heavy atom. The summed E-state index contributed by atoms with van der Waals surface area (Å²) in [6, 6.07) is 17.4. The maximum absolute atomic E-state index is 13.2. The molecule has 2 heterocycles. The molecule has 1 amide bonds. The number of para-hydroxylation sites is 3. The second kappa shape index (κ2) is 7.91. The van der Waals surface area contributed by atoms with E-state index in [1.165, 1.54) is 5.56 Å². The van der Waals surface area contributed by atoms with Crippen LogP contribution in [0.15, 0.2) is 60.8 Å². The van der Waals surface area contributed by atoms with Crippen molar-refractivity contribution in [1.29, 1.82) is 0 Å². The Morgan fingerprint density at radius 1 is 1.14 bits per heavy atom. The Labute approximate surface area is 170 Å². The summed E-state index contributed by atoms with van der Waals surface area (Å²) in [6.07, 6.45) is 2.49. The molecule has 1 aromatic heterocycles. The van der Waals surface area contributed by atoms with E-state index >= 15 is 0 Å². The predicted octanol–water partition coefficient (Wildman–Crippen LogP) is 4.60. The molecule has 0 saturated carbocycles. The summed E-state index contributed by atoms with van der Waals surface area (Å²) >= 11 is 0. The quantitative estimate of drug-likeness (QED) is 0.692. The molecule has 0 radical (unpaired) electrons. The van der Waals surface area contributed by atoms with Gasteiger partial charge in [-0.25, -0.2) is 9.97 Å². The zero-order valence-corrected chi connectivity index (χ0v) is 16.8. The highest BCUT2D eigenvalue weighted by atomic mass is 16.5. The van der Waals surface area contributed by atoms with E-state index < -0.39 is 0 Å². The summed E-state index contributed by atoms with van der Waals surface area (Å²) in [4.78, 5) is 23.8. The molecule has 1 unspecified atom stereocenters. The molecule has 3 aromatic rings. The largest absolute Gasteiger partial charge is 0.489 e. The molecular formula is C23H24N4O2. The van der Waals surface area contributed by atoms with E-state index in [-0.39, 0.29) is 18.1 Å². The van der Waals surface area contributed by atoms with Crippen molar-refractivity contribution >= 4 is 23.2 Å². The number of carbonyl (C=O) groups is 1. The molecule has 0 spiro atoms. The lowest BCUT2D eigenvalue weighted by Crippen LogP contribution is -2.36. The van der Waals surface area contributed by atoms with E-state index in [9.17, 15) is 4.79 Å². The Morgan fingerprint density at radius 2 is 1.90 bits per heavy atom. The van der Waals surface area contributed by atoms with Crippen molar-refractivity contribution in [2.45, 2.75) is 39.3 Å². The predicted molar refractivity (Wildman–Crippen MR) is 114 cm³/mol. The van der Waals surface area contributed by atoms with E-state index in [1.807, 2.05) is 61.2 Å². The van der Waals surface area contributed by atoms with Gasteiger partial charge in [0.1, 0.15) is 11.4 Å². The van der Waals surface area contributed by atoms with Gasteiger partial charge in [0, 0.05) is 17.9 Å². The average molecular weight is 388 g/mol. The van der Waals surface area contributed by atoms with Gasteiger partial charge >= 0.3 is 0 Å². The van der Waals surface area contributed by atoms with E-state index in [0.29, 0.717) is 17.4 Å². The molecule has 4 rings (SSSR count). The number of carbonyl (C=O) groups excluding carboxylic acids is 1. The van der Waals surface area contributed by atoms with Crippen LogP contribution < -0.4 is 15.0 Å². The van der Waals surface area contributed by atoms with Gasteiger partial charge in [-0.15, -0.1) is 0 Å². The van der Waals surface area contributed by atoms with E-state index in [4.69, 9.17) is 4.74 Å². The number of hydrogen-bond donors (Lipinski definition) is 1. The molecule has 148 valence electrons. The second-order valence-electron chi connectivity index (χ2n) is 7.41. The molecular weight excluding hydrogens is 364 g/mol. The molecule has 0 fully saturated rings. The van der Waals surface area contributed by atoms with Crippen molar-refractivity contribution < 1.29 is 9.53 Å². The van der Waals surface area contributed by atoms with Crippen molar-refractivity contribution in [2.24, 2.45) is 0 Å². The molecule has 6 nitrogen and oxygen atoms in total. The van der Waals surface area contributed by atoms with Gasteiger partial charge in [-0.05, 0) is 57.0 Å². The maximum atomic E-state index is 13.2. The number of ether oxygens (including phenoxy) is 1. The molecule has 1 N–H and O–H groups in total. The first-order chi connectivity index (χ1) is 14.0.